The molecule has 2 aromatic carbocycles. The lowest BCUT2D eigenvalue weighted by atomic mass is 9.92. The SMILES string of the molecule is COc1cc(O[C@@H]2O[C@H](COC(=O)CCc3cc([C@@H]4OC(=O)[C@@](C)(O)[C@H]4O)c(OC)cc3O[C@@H]3O[C@H](CO)[C@@H](O)[C@H](O)[C@H]3O)[C@@H](O)[C@H](O)[C@H]2O)c(CCC(=O)O)cc1[C@@H]1OC(=O)[C@](C)(O)[C@@H]1O. The van der Waals surface area contributed by atoms with E-state index in [1.54, 1.807) is 0 Å². The Labute approximate surface area is 380 Å². The molecule has 372 valence electrons. The largest absolute Gasteiger partial charge is 0.496 e. The third kappa shape index (κ3) is 10.2. The Balaban J connectivity index is 1.20. The number of rotatable bonds is 17. The Morgan fingerprint density at radius 2 is 1.03 bits per heavy atom. The first kappa shape index (κ1) is 51.4. The van der Waals surface area contributed by atoms with Crippen LogP contribution in [0.2, 0.25) is 0 Å². The lowest BCUT2D eigenvalue weighted by Crippen LogP contribution is -2.60. The fourth-order valence-corrected chi connectivity index (χ4v) is 7.85. The molecular formula is C42H54O25. The molecule has 4 heterocycles. The van der Waals surface area contributed by atoms with Gasteiger partial charge in [0, 0.05) is 36.1 Å². The van der Waals surface area contributed by atoms with Gasteiger partial charge in [0.1, 0.15) is 90.6 Å². The number of ether oxygens (including phenoxy) is 9. The Kier molecular flexibility index (Phi) is 15.6. The number of carboxylic acids is 1. The lowest BCUT2D eigenvalue weighted by Gasteiger charge is -2.40. The first-order valence-electron chi connectivity index (χ1n) is 20.8. The van der Waals surface area contributed by atoms with Crippen molar-refractivity contribution < 1.29 is 123 Å². The van der Waals surface area contributed by atoms with Gasteiger partial charge in [0.15, 0.2) is 23.4 Å². The zero-order chi connectivity index (χ0) is 49.4. The molecule has 2 aromatic rings. The van der Waals surface area contributed by atoms with Crippen LogP contribution in [0, 0.1) is 0 Å². The minimum atomic E-state index is -2.33. The second-order valence-electron chi connectivity index (χ2n) is 16.8. The molecule has 0 radical (unpaired) electrons. The zero-order valence-electron chi connectivity index (χ0n) is 36.3. The summed E-state index contributed by atoms with van der Waals surface area (Å²) in [4.78, 5) is 49.7. The van der Waals surface area contributed by atoms with Gasteiger partial charge in [0.2, 0.25) is 12.6 Å². The molecular weight excluding hydrogens is 904 g/mol. The molecule has 4 aliphatic heterocycles. The van der Waals surface area contributed by atoms with Gasteiger partial charge < -0.3 is 104 Å². The molecule has 0 saturated carbocycles. The predicted octanol–water partition coefficient (Wildman–Crippen LogP) is -4.32. The van der Waals surface area contributed by atoms with Crippen molar-refractivity contribution in [2.75, 3.05) is 27.4 Å². The predicted molar refractivity (Wildman–Crippen MR) is 214 cm³/mol. The fourth-order valence-electron chi connectivity index (χ4n) is 7.85. The first-order valence-corrected chi connectivity index (χ1v) is 20.8. The molecule has 25 nitrogen and oxygen atoms in total. The number of aliphatic hydroxyl groups is 11. The highest BCUT2D eigenvalue weighted by Gasteiger charge is 2.56. The van der Waals surface area contributed by atoms with E-state index in [2.05, 4.69) is 0 Å². The number of carbonyl (C=O) groups is 4. The quantitative estimate of drug-likeness (QED) is 0.0527. The van der Waals surface area contributed by atoms with E-state index in [9.17, 15) is 80.5 Å². The number of esters is 3. The number of cyclic esters (lactones) is 2. The summed E-state index contributed by atoms with van der Waals surface area (Å²) < 4.78 is 49.7. The van der Waals surface area contributed by atoms with E-state index in [-0.39, 0.29) is 58.1 Å². The maximum Gasteiger partial charge on any atom is 0.341 e. The van der Waals surface area contributed by atoms with Crippen LogP contribution in [-0.4, -0.2) is 197 Å². The third-order valence-electron chi connectivity index (χ3n) is 12.1. The molecule has 0 bridgehead atoms. The number of hydrogen-bond acceptors (Lipinski definition) is 24. The molecule has 0 unspecified atom stereocenters. The summed E-state index contributed by atoms with van der Waals surface area (Å²) in [6, 6.07) is 4.98. The van der Waals surface area contributed by atoms with Crippen molar-refractivity contribution in [1.82, 2.24) is 0 Å². The summed E-state index contributed by atoms with van der Waals surface area (Å²) >= 11 is 0. The van der Waals surface area contributed by atoms with Gasteiger partial charge in [-0.15, -0.1) is 0 Å². The highest BCUT2D eigenvalue weighted by Crippen LogP contribution is 2.45. The van der Waals surface area contributed by atoms with E-state index in [0.29, 0.717) is 0 Å². The molecule has 4 fully saturated rings. The minimum Gasteiger partial charge on any atom is -0.496 e. The Bertz CT molecular complexity index is 2140. The van der Waals surface area contributed by atoms with E-state index < -0.39 is 147 Å². The maximum atomic E-state index is 13.3. The molecule has 12 N–H and O–H groups in total. The standard InChI is InChI=1S/C42H54O25/c1-41(57)35(53)33(66-39(41)55)17-9-15(5-7-25(44)45)19(11-21(17)59-3)63-38-32(52)30(50)28(48)24(65-38)14-61-26(46)8-6-16-10-18(34-36(54)42(2,58)40(56)67-34)22(60-4)12-20(16)62-37-31(51)29(49)27(47)23(13-43)64-37/h9-12,23-24,27-38,43,47-54,57-58H,5-8,13-14H2,1-4H3,(H,44,45)/t23-,24-,27-,28-,29+,30+,31-,32-,33+,34+,35-,36+,37-,38-,41-,42+/m1/s1. The second kappa shape index (κ2) is 20.3. The van der Waals surface area contributed by atoms with E-state index in [1.807, 2.05) is 0 Å². The lowest BCUT2D eigenvalue weighted by molar-refractivity contribution is -0.278. The number of carboxylic acid groups (broad SMARTS) is 1. The van der Waals surface area contributed by atoms with Crippen molar-refractivity contribution in [2.24, 2.45) is 0 Å². The fraction of sp³-hybridized carbons (Fsp3) is 0.619. The van der Waals surface area contributed by atoms with Crippen LogP contribution in [0.25, 0.3) is 0 Å². The Morgan fingerprint density at radius 1 is 0.612 bits per heavy atom. The summed E-state index contributed by atoms with van der Waals surface area (Å²) in [5.41, 5.74) is -4.44. The molecule has 0 aliphatic carbocycles. The molecule has 16 atom stereocenters. The topological polar surface area (TPSA) is 394 Å². The van der Waals surface area contributed by atoms with Gasteiger partial charge in [-0.2, -0.15) is 0 Å². The number of hydrogen-bond donors (Lipinski definition) is 12. The summed E-state index contributed by atoms with van der Waals surface area (Å²) in [7, 11) is 2.42. The number of methoxy groups -OCH3 is 2. The number of aryl methyl sites for hydroxylation is 2. The molecule has 0 amide bonds. The van der Waals surface area contributed by atoms with Crippen LogP contribution in [-0.2, 0) is 55.7 Å². The second-order valence-corrected chi connectivity index (χ2v) is 16.8. The Hall–Kier alpha value is -5.00. The average Bonchev–Trinajstić information content (AvgIpc) is 3.63. The number of aliphatic hydroxyl groups excluding tert-OH is 9. The summed E-state index contributed by atoms with van der Waals surface area (Å²) in [5.74, 6) is -5.02. The van der Waals surface area contributed by atoms with Crippen molar-refractivity contribution in [3.63, 3.8) is 0 Å². The average molecular weight is 959 g/mol. The molecule has 0 spiro atoms. The molecule has 25 heteroatoms. The van der Waals surface area contributed by atoms with Crippen LogP contribution in [0.15, 0.2) is 24.3 Å². The van der Waals surface area contributed by atoms with E-state index in [4.69, 9.17) is 42.6 Å². The van der Waals surface area contributed by atoms with Crippen LogP contribution in [0.3, 0.4) is 0 Å². The summed E-state index contributed by atoms with van der Waals surface area (Å²) in [5, 5.41) is 126. The normalized spacial score (nSPS) is 36.2. The van der Waals surface area contributed by atoms with Crippen molar-refractivity contribution in [1.29, 1.82) is 0 Å². The highest BCUT2D eigenvalue weighted by molar-refractivity contribution is 5.83. The third-order valence-corrected chi connectivity index (χ3v) is 12.1. The number of aliphatic carboxylic acids is 1. The van der Waals surface area contributed by atoms with Crippen molar-refractivity contribution in [3.8, 4) is 23.0 Å². The van der Waals surface area contributed by atoms with Crippen molar-refractivity contribution in [2.45, 2.75) is 137 Å². The monoisotopic (exact) mass is 958 g/mol. The van der Waals surface area contributed by atoms with E-state index >= 15 is 0 Å². The summed E-state index contributed by atoms with van der Waals surface area (Å²) in [6.07, 6.45) is -25.8. The van der Waals surface area contributed by atoms with E-state index in [0.717, 1.165) is 13.8 Å². The molecule has 4 aliphatic rings. The van der Waals surface area contributed by atoms with Crippen LogP contribution in [0.5, 0.6) is 23.0 Å². The van der Waals surface area contributed by atoms with Crippen molar-refractivity contribution >= 4 is 23.9 Å². The van der Waals surface area contributed by atoms with Gasteiger partial charge in [-0.1, -0.05) is 0 Å². The van der Waals surface area contributed by atoms with Crippen LogP contribution < -0.4 is 18.9 Å². The van der Waals surface area contributed by atoms with Crippen molar-refractivity contribution in [3.05, 3.63) is 46.5 Å². The smallest absolute Gasteiger partial charge is 0.341 e. The molecule has 67 heavy (non-hydrogen) atoms. The molecule has 6 rings (SSSR count). The first-order chi connectivity index (χ1) is 31.5. The van der Waals surface area contributed by atoms with Gasteiger partial charge in [-0.25, -0.2) is 9.59 Å². The molecule has 0 aromatic heterocycles. The summed E-state index contributed by atoms with van der Waals surface area (Å²) in [6.45, 7) is 0.532. The number of carbonyl (C=O) groups excluding carboxylic acids is 3. The van der Waals surface area contributed by atoms with Gasteiger partial charge >= 0.3 is 23.9 Å². The highest BCUT2D eigenvalue weighted by atomic mass is 16.7. The van der Waals surface area contributed by atoms with Crippen LogP contribution in [0.1, 0.15) is 61.2 Å². The van der Waals surface area contributed by atoms with Crippen LogP contribution in [0.4, 0.5) is 0 Å². The van der Waals surface area contributed by atoms with Gasteiger partial charge in [0.25, 0.3) is 0 Å². The number of benzene rings is 2. The zero-order valence-corrected chi connectivity index (χ0v) is 36.3. The Morgan fingerprint density at radius 3 is 1.42 bits per heavy atom. The van der Waals surface area contributed by atoms with Gasteiger partial charge in [-0.3, -0.25) is 9.59 Å². The van der Waals surface area contributed by atoms with Gasteiger partial charge in [-0.05, 0) is 49.9 Å². The van der Waals surface area contributed by atoms with Crippen LogP contribution >= 0.6 is 0 Å². The van der Waals surface area contributed by atoms with E-state index in [1.165, 1.54) is 38.5 Å². The van der Waals surface area contributed by atoms with Gasteiger partial charge in [0.05, 0.1) is 20.8 Å². The maximum absolute atomic E-state index is 13.3. The minimum absolute atomic E-state index is 0.00551. The molecule has 4 saturated heterocycles.